The van der Waals surface area contributed by atoms with Gasteiger partial charge in [0, 0.05) is 17.1 Å². The van der Waals surface area contributed by atoms with E-state index in [2.05, 4.69) is 281 Å². The molecule has 3 aliphatic carbocycles. The number of fused-ring (bicyclic) bond motifs is 13. The summed E-state index contributed by atoms with van der Waals surface area (Å²) in [6.07, 6.45) is 0. The van der Waals surface area contributed by atoms with Crippen LogP contribution in [0.25, 0.3) is 55.6 Å². The zero-order chi connectivity index (χ0) is 49.0. The van der Waals surface area contributed by atoms with Crippen molar-refractivity contribution < 1.29 is 0 Å². The SMILES string of the molecule is Cc1cc(C)c(C2(c3ccccc3)c3ccccc3-c3ccc(N(c4cc(-c5ccccc5)cc(-c5ccccc5)c4)c4ccc5c(c4)C4(c6ccccc6-c6ccc(C)cc64)c4ccccc4-5)cc32)c(C)c1. The fourth-order valence-electron chi connectivity index (χ4n) is 13.8. The average molecular weight is 932 g/mol. The molecule has 3 aliphatic rings. The largest absolute Gasteiger partial charge is 0.310 e. The second-order valence-corrected chi connectivity index (χ2v) is 20.6. The summed E-state index contributed by atoms with van der Waals surface area (Å²) in [6.45, 7) is 9.09. The molecule has 14 rings (SSSR count). The minimum Gasteiger partial charge on any atom is -0.310 e. The average Bonchev–Trinajstić information content (AvgIpc) is 4.01. The highest BCUT2D eigenvalue weighted by Gasteiger charge is 2.52. The van der Waals surface area contributed by atoms with Crippen LogP contribution in [0, 0.1) is 27.7 Å². The first-order valence-electron chi connectivity index (χ1n) is 25.7. The standard InChI is InChI=1S/C72H53N/c1-46-32-35-61-59-27-15-18-30-65(59)72(67(61)40-46)66-31-19-16-28-60(66)63-37-34-56(45-69(63)72)73(57-42-52(50-20-8-5-9-21-50)41-53(43-57)51-22-10-6-11-23-51)55-33-36-62-58-26-14-17-29-64(58)71(68(62)44-55,54-24-12-7-13-25-54)70-48(3)38-47(2)39-49(70)4/h5-45H,1-4H3. The quantitative estimate of drug-likeness (QED) is 0.154. The number of anilines is 3. The van der Waals surface area contributed by atoms with Crippen molar-refractivity contribution in [3.05, 3.63) is 315 Å². The summed E-state index contributed by atoms with van der Waals surface area (Å²) in [7, 11) is 0. The molecule has 0 fully saturated rings. The van der Waals surface area contributed by atoms with Gasteiger partial charge in [0.15, 0.2) is 0 Å². The summed E-state index contributed by atoms with van der Waals surface area (Å²) < 4.78 is 0. The van der Waals surface area contributed by atoms with Gasteiger partial charge in [-0.3, -0.25) is 0 Å². The van der Waals surface area contributed by atoms with E-state index in [0.717, 1.165) is 17.1 Å². The molecule has 0 amide bonds. The van der Waals surface area contributed by atoms with Crippen LogP contribution < -0.4 is 4.90 Å². The molecule has 73 heavy (non-hydrogen) atoms. The highest BCUT2D eigenvalue weighted by Crippen LogP contribution is 2.64. The molecule has 0 N–H and O–H groups in total. The van der Waals surface area contributed by atoms with Gasteiger partial charge in [0.05, 0.1) is 10.8 Å². The van der Waals surface area contributed by atoms with E-state index in [-0.39, 0.29) is 0 Å². The molecule has 11 aromatic carbocycles. The summed E-state index contributed by atoms with van der Waals surface area (Å²) in [5, 5.41) is 0. The Hall–Kier alpha value is -8.78. The third-order valence-corrected chi connectivity index (χ3v) is 16.4. The first-order chi connectivity index (χ1) is 35.8. The maximum atomic E-state index is 2.56. The van der Waals surface area contributed by atoms with Gasteiger partial charge in [-0.25, -0.2) is 0 Å². The number of rotatable bonds is 7. The molecule has 0 saturated heterocycles. The van der Waals surface area contributed by atoms with Crippen LogP contribution in [0.2, 0.25) is 0 Å². The lowest BCUT2D eigenvalue weighted by molar-refractivity contribution is 0.753. The van der Waals surface area contributed by atoms with E-state index in [1.54, 1.807) is 0 Å². The number of aryl methyl sites for hydroxylation is 4. The van der Waals surface area contributed by atoms with Crippen molar-refractivity contribution in [3.63, 3.8) is 0 Å². The molecule has 0 aromatic heterocycles. The van der Waals surface area contributed by atoms with Gasteiger partial charge < -0.3 is 4.90 Å². The highest BCUT2D eigenvalue weighted by atomic mass is 15.1. The Morgan fingerprint density at radius 2 is 0.658 bits per heavy atom. The van der Waals surface area contributed by atoms with Crippen molar-refractivity contribution in [3.8, 4) is 55.6 Å². The Morgan fingerprint density at radius 3 is 1.16 bits per heavy atom. The Balaban J connectivity index is 1.09. The van der Waals surface area contributed by atoms with E-state index in [4.69, 9.17) is 0 Å². The molecule has 0 saturated carbocycles. The second kappa shape index (κ2) is 16.4. The fraction of sp³-hybridized carbons (Fsp3) is 0.0833. The van der Waals surface area contributed by atoms with Gasteiger partial charge in [-0.15, -0.1) is 0 Å². The van der Waals surface area contributed by atoms with Crippen molar-refractivity contribution in [1.29, 1.82) is 0 Å². The Kier molecular flexibility index (Phi) is 9.66. The molecule has 1 nitrogen and oxygen atoms in total. The van der Waals surface area contributed by atoms with E-state index in [0.29, 0.717) is 0 Å². The van der Waals surface area contributed by atoms with Crippen LogP contribution in [0.4, 0.5) is 17.1 Å². The van der Waals surface area contributed by atoms with Gasteiger partial charge in [0.1, 0.15) is 0 Å². The molecule has 1 heteroatoms. The van der Waals surface area contributed by atoms with E-state index in [1.165, 1.54) is 122 Å². The van der Waals surface area contributed by atoms with Crippen molar-refractivity contribution in [2.24, 2.45) is 0 Å². The molecule has 0 aliphatic heterocycles. The molecule has 2 atom stereocenters. The van der Waals surface area contributed by atoms with E-state index < -0.39 is 10.8 Å². The normalized spacial score (nSPS) is 16.3. The van der Waals surface area contributed by atoms with Crippen molar-refractivity contribution >= 4 is 17.1 Å². The van der Waals surface area contributed by atoms with Crippen molar-refractivity contribution in [2.75, 3.05) is 4.90 Å². The monoisotopic (exact) mass is 931 g/mol. The van der Waals surface area contributed by atoms with Crippen LogP contribution >= 0.6 is 0 Å². The lowest BCUT2D eigenvalue weighted by Gasteiger charge is -2.37. The van der Waals surface area contributed by atoms with Gasteiger partial charge in [-0.05, 0) is 181 Å². The van der Waals surface area contributed by atoms with E-state index >= 15 is 0 Å². The highest BCUT2D eigenvalue weighted by molar-refractivity contribution is 5.98. The van der Waals surface area contributed by atoms with Crippen LogP contribution in [0.5, 0.6) is 0 Å². The summed E-state index contributed by atoms with van der Waals surface area (Å²) in [5.74, 6) is 0. The summed E-state index contributed by atoms with van der Waals surface area (Å²) in [6, 6.07) is 94.2. The number of hydrogen-bond donors (Lipinski definition) is 0. The number of benzene rings is 11. The molecule has 0 bridgehead atoms. The Labute approximate surface area is 429 Å². The third-order valence-electron chi connectivity index (χ3n) is 16.4. The maximum absolute atomic E-state index is 2.56. The number of hydrogen-bond acceptors (Lipinski definition) is 1. The molecule has 11 aromatic rings. The zero-order valence-corrected chi connectivity index (χ0v) is 41.6. The molecule has 346 valence electrons. The zero-order valence-electron chi connectivity index (χ0n) is 41.6. The van der Waals surface area contributed by atoms with Gasteiger partial charge in [0.2, 0.25) is 0 Å². The molecule has 1 spiro atoms. The van der Waals surface area contributed by atoms with Gasteiger partial charge >= 0.3 is 0 Å². The van der Waals surface area contributed by atoms with Gasteiger partial charge in [0.25, 0.3) is 0 Å². The first-order valence-corrected chi connectivity index (χ1v) is 25.7. The first kappa shape index (κ1) is 43.0. The summed E-state index contributed by atoms with van der Waals surface area (Å²) in [5.41, 5.74) is 30.4. The minimum atomic E-state index is -0.587. The predicted molar refractivity (Wildman–Crippen MR) is 305 cm³/mol. The molecule has 2 unspecified atom stereocenters. The maximum Gasteiger partial charge on any atom is 0.0726 e. The molecule has 0 heterocycles. The molecular weight excluding hydrogens is 879 g/mol. The Morgan fingerprint density at radius 1 is 0.260 bits per heavy atom. The van der Waals surface area contributed by atoms with E-state index in [9.17, 15) is 0 Å². The predicted octanol–water partition coefficient (Wildman–Crippen LogP) is 18.4. The lowest BCUT2D eigenvalue weighted by atomic mass is 9.65. The lowest BCUT2D eigenvalue weighted by Crippen LogP contribution is -2.31. The van der Waals surface area contributed by atoms with Crippen LogP contribution in [-0.2, 0) is 10.8 Å². The minimum absolute atomic E-state index is 0.505. The second-order valence-electron chi connectivity index (χ2n) is 20.6. The van der Waals surface area contributed by atoms with Gasteiger partial charge in [-0.2, -0.15) is 0 Å². The van der Waals surface area contributed by atoms with Crippen LogP contribution in [0.3, 0.4) is 0 Å². The van der Waals surface area contributed by atoms with Crippen LogP contribution in [-0.4, -0.2) is 0 Å². The summed E-state index contributed by atoms with van der Waals surface area (Å²) >= 11 is 0. The van der Waals surface area contributed by atoms with Crippen molar-refractivity contribution in [1.82, 2.24) is 0 Å². The van der Waals surface area contributed by atoms with Gasteiger partial charge in [-0.1, -0.05) is 217 Å². The number of nitrogens with zero attached hydrogens (tertiary/aromatic N) is 1. The fourth-order valence-corrected chi connectivity index (χ4v) is 13.8. The molecular formula is C72H53N. The topological polar surface area (TPSA) is 3.24 Å². The Bertz CT molecular complexity index is 3920. The molecule has 0 radical (unpaired) electrons. The third kappa shape index (κ3) is 6.22. The van der Waals surface area contributed by atoms with Crippen molar-refractivity contribution in [2.45, 2.75) is 38.5 Å². The van der Waals surface area contributed by atoms with Crippen LogP contribution in [0.15, 0.2) is 249 Å². The van der Waals surface area contributed by atoms with E-state index in [1.807, 2.05) is 0 Å². The van der Waals surface area contributed by atoms with Crippen LogP contribution in [0.1, 0.15) is 66.8 Å². The summed E-state index contributed by atoms with van der Waals surface area (Å²) in [4.78, 5) is 2.56. The smallest absolute Gasteiger partial charge is 0.0726 e.